The van der Waals surface area contributed by atoms with Crippen LogP contribution in [0.25, 0.3) is 0 Å². The molecule has 0 aliphatic carbocycles. The van der Waals surface area contributed by atoms with Crippen molar-refractivity contribution in [1.29, 1.82) is 0 Å². The number of amides is 2. The maximum atomic E-state index is 13.0. The van der Waals surface area contributed by atoms with E-state index in [1.54, 1.807) is 36.3 Å². The van der Waals surface area contributed by atoms with Crippen LogP contribution in [-0.2, 0) is 14.3 Å². The van der Waals surface area contributed by atoms with Crippen molar-refractivity contribution in [3.63, 3.8) is 0 Å². The molecule has 2 aromatic carbocycles. The number of hydrogen-bond acceptors (Lipinski definition) is 5. The van der Waals surface area contributed by atoms with Crippen LogP contribution in [0.3, 0.4) is 0 Å². The highest BCUT2D eigenvalue weighted by atomic mass is 35.5. The van der Waals surface area contributed by atoms with Gasteiger partial charge in [-0.05, 0) is 43.2 Å². The molecule has 1 atom stereocenters. The lowest BCUT2D eigenvalue weighted by molar-refractivity contribution is -0.128. The van der Waals surface area contributed by atoms with Crippen molar-refractivity contribution in [3.05, 3.63) is 58.6 Å². The van der Waals surface area contributed by atoms with Crippen LogP contribution in [-0.4, -0.2) is 47.4 Å². The number of aryl methyl sites for hydroxylation is 2. The normalized spacial score (nSPS) is 17.6. The predicted octanol–water partition coefficient (Wildman–Crippen LogP) is 4.56. The smallest absolute Gasteiger partial charge is 0.242 e. The highest BCUT2D eigenvalue weighted by molar-refractivity contribution is 8.15. The Bertz CT molecular complexity index is 960. The molecule has 158 valence electrons. The Kier molecular flexibility index (Phi) is 7.53. The molecule has 1 aliphatic rings. The molecule has 30 heavy (non-hydrogen) atoms. The maximum absolute atomic E-state index is 13.0. The molecule has 1 saturated heterocycles. The van der Waals surface area contributed by atoms with Gasteiger partial charge in [-0.2, -0.15) is 0 Å². The molecule has 1 unspecified atom stereocenters. The molecule has 0 saturated carbocycles. The fraction of sp³-hybridized carbons (Fsp3) is 0.318. The summed E-state index contributed by atoms with van der Waals surface area (Å²) in [7, 11) is 1.59. The van der Waals surface area contributed by atoms with Gasteiger partial charge in [0.2, 0.25) is 11.8 Å². The summed E-state index contributed by atoms with van der Waals surface area (Å²) >= 11 is 7.28. The Hall–Kier alpha value is -2.35. The number of methoxy groups -OCH3 is 1. The average Bonchev–Trinajstić information content (AvgIpc) is 2.97. The van der Waals surface area contributed by atoms with E-state index in [9.17, 15) is 9.59 Å². The van der Waals surface area contributed by atoms with Crippen LogP contribution in [0.15, 0.2) is 47.5 Å². The van der Waals surface area contributed by atoms with Crippen LogP contribution in [0.1, 0.15) is 17.5 Å². The fourth-order valence-electron chi connectivity index (χ4n) is 3.14. The SMILES string of the molecule is COCCN1C(=O)C(CC(=O)Nc2cccc(Cl)c2)SC1=Nc1c(C)cccc1C. The summed E-state index contributed by atoms with van der Waals surface area (Å²) < 4.78 is 5.15. The number of carbonyl (C=O) groups is 2. The summed E-state index contributed by atoms with van der Waals surface area (Å²) in [5.74, 6) is -0.383. The van der Waals surface area contributed by atoms with Crippen LogP contribution >= 0.6 is 23.4 Å². The average molecular weight is 446 g/mol. The van der Waals surface area contributed by atoms with E-state index in [0.29, 0.717) is 29.0 Å². The Balaban J connectivity index is 1.79. The maximum Gasteiger partial charge on any atom is 0.242 e. The Morgan fingerprint density at radius 1 is 1.23 bits per heavy atom. The first-order valence-electron chi connectivity index (χ1n) is 9.56. The second-order valence-corrected chi connectivity index (χ2v) is 8.59. The zero-order chi connectivity index (χ0) is 21.7. The van der Waals surface area contributed by atoms with Crippen LogP contribution in [0.5, 0.6) is 0 Å². The number of anilines is 1. The van der Waals surface area contributed by atoms with Crippen molar-refractivity contribution < 1.29 is 14.3 Å². The number of carbonyl (C=O) groups excluding carboxylic acids is 2. The van der Waals surface area contributed by atoms with Crippen molar-refractivity contribution in [2.45, 2.75) is 25.5 Å². The van der Waals surface area contributed by atoms with Crippen molar-refractivity contribution in [1.82, 2.24) is 4.90 Å². The number of rotatable bonds is 7. The summed E-state index contributed by atoms with van der Waals surface area (Å²) in [6, 6.07) is 12.9. The van der Waals surface area contributed by atoms with Gasteiger partial charge in [-0.1, -0.05) is 47.6 Å². The van der Waals surface area contributed by atoms with Gasteiger partial charge in [0, 0.05) is 24.2 Å². The number of para-hydroxylation sites is 1. The van der Waals surface area contributed by atoms with E-state index < -0.39 is 5.25 Å². The summed E-state index contributed by atoms with van der Waals surface area (Å²) in [6.07, 6.45) is 0.0469. The second kappa shape index (κ2) is 10.1. The highest BCUT2D eigenvalue weighted by Gasteiger charge is 2.39. The number of nitrogens with zero attached hydrogens (tertiary/aromatic N) is 2. The van der Waals surface area contributed by atoms with Gasteiger partial charge in [-0.25, -0.2) is 4.99 Å². The van der Waals surface area contributed by atoms with E-state index >= 15 is 0 Å². The van der Waals surface area contributed by atoms with E-state index in [0.717, 1.165) is 16.8 Å². The zero-order valence-corrected chi connectivity index (χ0v) is 18.7. The van der Waals surface area contributed by atoms with Crippen molar-refractivity contribution in [2.75, 3.05) is 25.6 Å². The number of halogens is 1. The Morgan fingerprint density at radius 3 is 2.60 bits per heavy atom. The van der Waals surface area contributed by atoms with Crippen LogP contribution in [0.2, 0.25) is 5.02 Å². The van der Waals surface area contributed by atoms with Crippen LogP contribution < -0.4 is 5.32 Å². The van der Waals surface area contributed by atoms with Gasteiger partial charge in [-0.3, -0.25) is 14.5 Å². The van der Waals surface area contributed by atoms with E-state index in [1.807, 2.05) is 32.0 Å². The van der Waals surface area contributed by atoms with Gasteiger partial charge < -0.3 is 10.1 Å². The summed E-state index contributed by atoms with van der Waals surface area (Å²) in [5.41, 5.74) is 3.51. The van der Waals surface area contributed by atoms with E-state index in [2.05, 4.69) is 5.32 Å². The second-order valence-electron chi connectivity index (χ2n) is 6.99. The van der Waals surface area contributed by atoms with Gasteiger partial charge >= 0.3 is 0 Å². The molecule has 1 aliphatic heterocycles. The molecule has 3 rings (SSSR count). The van der Waals surface area contributed by atoms with Gasteiger partial charge in [0.25, 0.3) is 0 Å². The third-order valence-electron chi connectivity index (χ3n) is 4.67. The lowest BCUT2D eigenvalue weighted by Gasteiger charge is -2.16. The minimum atomic E-state index is -0.538. The van der Waals surface area contributed by atoms with Gasteiger partial charge in [0.15, 0.2) is 5.17 Å². The lowest BCUT2D eigenvalue weighted by Crippen LogP contribution is -2.35. The zero-order valence-electron chi connectivity index (χ0n) is 17.1. The monoisotopic (exact) mass is 445 g/mol. The number of benzene rings is 2. The van der Waals surface area contributed by atoms with E-state index in [-0.39, 0.29) is 18.2 Å². The Morgan fingerprint density at radius 2 is 1.93 bits per heavy atom. The molecular formula is C22H24ClN3O3S. The number of thioether (sulfide) groups is 1. The standard InChI is InChI=1S/C22H24ClN3O3S/c1-14-6-4-7-15(2)20(14)25-22-26(10-11-29-3)21(28)18(30-22)13-19(27)24-17-9-5-8-16(23)12-17/h4-9,12,18H,10-11,13H2,1-3H3,(H,24,27). The molecular weight excluding hydrogens is 422 g/mol. The number of amidine groups is 1. The van der Waals surface area contributed by atoms with Gasteiger partial charge in [0.05, 0.1) is 18.8 Å². The quantitative estimate of drug-likeness (QED) is 0.678. The van der Waals surface area contributed by atoms with Gasteiger partial charge in [-0.15, -0.1) is 0 Å². The van der Waals surface area contributed by atoms with Gasteiger partial charge in [0.1, 0.15) is 5.25 Å². The fourth-order valence-corrected chi connectivity index (χ4v) is 4.50. The molecule has 0 radical (unpaired) electrons. The largest absolute Gasteiger partial charge is 0.383 e. The lowest BCUT2D eigenvalue weighted by atomic mass is 10.1. The van der Waals surface area contributed by atoms with Crippen LogP contribution in [0, 0.1) is 13.8 Å². The molecule has 1 fully saturated rings. The van der Waals surface area contributed by atoms with E-state index in [4.69, 9.17) is 21.3 Å². The minimum Gasteiger partial charge on any atom is -0.383 e. The molecule has 2 amide bonds. The third kappa shape index (κ3) is 5.41. The number of aliphatic imine (C=N–C) groups is 1. The summed E-state index contributed by atoms with van der Waals surface area (Å²) in [6.45, 7) is 4.75. The Labute approximate surface area is 185 Å². The molecule has 1 N–H and O–H groups in total. The summed E-state index contributed by atoms with van der Waals surface area (Å²) in [5, 5.41) is 3.39. The molecule has 8 heteroatoms. The van der Waals surface area contributed by atoms with Crippen LogP contribution in [0.4, 0.5) is 11.4 Å². The molecule has 6 nitrogen and oxygen atoms in total. The molecule has 1 heterocycles. The topological polar surface area (TPSA) is 71.0 Å². The van der Waals surface area contributed by atoms with Crippen molar-refractivity contribution >= 4 is 51.7 Å². The highest BCUT2D eigenvalue weighted by Crippen LogP contribution is 2.33. The number of ether oxygens (including phenoxy) is 1. The summed E-state index contributed by atoms with van der Waals surface area (Å²) in [4.78, 5) is 31.9. The van der Waals surface area contributed by atoms with Crippen molar-refractivity contribution in [2.24, 2.45) is 4.99 Å². The van der Waals surface area contributed by atoms with Crippen molar-refractivity contribution in [3.8, 4) is 0 Å². The third-order valence-corrected chi connectivity index (χ3v) is 6.08. The number of hydrogen-bond donors (Lipinski definition) is 1. The minimum absolute atomic E-state index is 0.0469. The molecule has 2 aromatic rings. The first kappa shape index (κ1) is 22.3. The van der Waals surface area contributed by atoms with E-state index in [1.165, 1.54) is 11.8 Å². The molecule has 0 bridgehead atoms. The first-order chi connectivity index (χ1) is 14.4. The predicted molar refractivity (Wildman–Crippen MR) is 123 cm³/mol. The molecule has 0 aromatic heterocycles. The molecule has 0 spiro atoms. The number of nitrogens with one attached hydrogen (secondary N) is 1. The first-order valence-corrected chi connectivity index (χ1v) is 10.8.